The Labute approximate surface area is 193 Å². The topological polar surface area (TPSA) is 128 Å². The van der Waals surface area contributed by atoms with Gasteiger partial charge in [-0.1, -0.05) is 12.1 Å². The summed E-state index contributed by atoms with van der Waals surface area (Å²) in [6.07, 6.45) is 6.50. The molecule has 2 amide bonds. The molecule has 1 atom stereocenters. The monoisotopic (exact) mass is 453 g/mol. The molecule has 0 aliphatic carbocycles. The highest BCUT2D eigenvalue weighted by Crippen LogP contribution is 2.21. The van der Waals surface area contributed by atoms with Gasteiger partial charge in [-0.25, -0.2) is 4.98 Å². The number of nitrogens with one attached hydrogen (secondary N) is 1. The molecule has 0 radical (unpaired) electrons. The van der Waals surface area contributed by atoms with Gasteiger partial charge in [0, 0.05) is 37.6 Å². The summed E-state index contributed by atoms with van der Waals surface area (Å²) in [5, 5.41) is 3.31. The number of carbonyl (C=O) groups is 3. The first kappa shape index (κ1) is 24.3. The van der Waals surface area contributed by atoms with Crippen molar-refractivity contribution >= 4 is 23.6 Å². The van der Waals surface area contributed by atoms with Gasteiger partial charge >= 0.3 is 5.97 Å². The molecule has 0 fully saturated rings. The van der Waals surface area contributed by atoms with Crippen LogP contribution >= 0.6 is 0 Å². The lowest BCUT2D eigenvalue weighted by molar-refractivity contribution is -0.148. The third kappa shape index (κ3) is 6.58. The number of amides is 2. The lowest BCUT2D eigenvalue weighted by Gasteiger charge is -2.25. The number of fused-ring (bicyclic) bond motifs is 1. The Morgan fingerprint density at radius 1 is 1.24 bits per heavy atom. The van der Waals surface area contributed by atoms with Gasteiger partial charge in [-0.15, -0.1) is 0 Å². The molecule has 3 heterocycles. The van der Waals surface area contributed by atoms with Crippen molar-refractivity contribution in [3.05, 3.63) is 53.5 Å². The molecular weight excluding hydrogens is 422 g/mol. The molecule has 0 bridgehead atoms. The summed E-state index contributed by atoms with van der Waals surface area (Å²) >= 11 is 0. The predicted molar refractivity (Wildman–Crippen MR) is 123 cm³/mol. The fourth-order valence-electron chi connectivity index (χ4n) is 3.84. The molecule has 0 aromatic carbocycles. The maximum atomic E-state index is 13.0. The van der Waals surface area contributed by atoms with Crippen LogP contribution in [0.3, 0.4) is 0 Å². The number of anilines is 1. The number of nitrogens with zero attached hydrogens (tertiary/aromatic N) is 3. The summed E-state index contributed by atoms with van der Waals surface area (Å²) in [6.45, 7) is 2.34. The van der Waals surface area contributed by atoms with E-state index in [0.717, 1.165) is 35.8 Å². The number of nitrogens with two attached hydrogens (primary N) is 1. The van der Waals surface area contributed by atoms with Gasteiger partial charge in [0.25, 0.3) is 0 Å². The maximum Gasteiger partial charge on any atom is 0.315 e. The lowest BCUT2D eigenvalue weighted by atomic mass is 10.00. The molecule has 33 heavy (non-hydrogen) atoms. The quantitative estimate of drug-likeness (QED) is 0.522. The van der Waals surface area contributed by atoms with Crippen molar-refractivity contribution in [1.29, 1.82) is 0 Å². The Morgan fingerprint density at radius 3 is 2.82 bits per heavy atom. The van der Waals surface area contributed by atoms with Crippen LogP contribution in [-0.4, -0.2) is 58.9 Å². The van der Waals surface area contributed by atoms with Crippen LogP contribution in [0, 0.1) is 0 Å². The van der Waals surface area contributed by atoms with Crippen molar-refractivity contribution < 1.29 is 19.1 Å². The zero-order valence-electron chi connectivity index (χ0n) is 19.0. The zero-order valence-corrected chi connectivity index (χ0v) is 19.0. The number of rotatable bonds is 10. The van der Waals surface area contributed by atoms with Gasteiger partial charge in [0.05, 0.1) is 13.2 Å². The molecule has 2 aromatic heterocycles. The molecule has 0 unspecified atom stereocenters. The fourth-order valence-corrected chi connectivity index (χ4v) is 3.84. The molecule has 3 rings (SSSR count). The molecular formula is C24H31N5O4. The number of esters is 1. The third-order valence-corrected chi connectivity index (χ3v) is 5.58. The van der Waals surface area contributed by atoms with Crippen LogP contribution in [0.2, 0.25) is 0 Å². The van der Waals surface area contributed by atoms with Crippen molar-refractivity contribution in [2.75, 3.05) is 31.6 Å². The fraction of sp³-hybridized carbons (Fsp3) is 0.458. The number of aromatic nitrogens is 2. The Hall–Kier alpha value is -3.33. The van der Waals surface area contributed by atoms with E-state index in [4.69, 9.17) is 10.5 Å². The van der Waals surface area contributed by atoms with E-state index in [1.54, 1.807) is 25.3 Å². The van der Waals surface area contributed by atoms with E-state index >= 15 is 0 Å². The van der Waals surface area contributed by atoms with E-state index in [1.807, 2.05) is 6.07 Å². The second kappa shape index (κ2) is 12.1. The summed E-state index contributed by atoms with van der Waals surface area (Å²) in [6, 6.07) is 7.48. The minimum Gasteiger partial charge on any atom is -0.465 e. The number of hydrogen-bond acceptors (Lipinski definition) is 8. The van der Waals surface area contributed by atoms with Crippen molar-refractivity contribution in [1.82, 2.24) is 14.9 Å². The van der Waals surface area contributed by atoms with Crippen LogP contribution in [0.25, 0.3) is 0 Å². The predicted octanol–water partition coefficient (Wildman–Crippen LogP) is 1.82. The minimum absolute atomic E-state index is 0.138. The molecule has 1 aliphatic heterocycles. The highest BCUT2D eigenvalue weighted by Gasteiger charge is 2.30. The maximum absolute atomic E-state index is 13.0. The number of carbonyl (C=O) groups excluding carboxylic acids is 3. The average Bonchev–Trinajstić information content (AvgIpc) is 2.84. The van der Waals surface area contributed by atoms with Crippen LogP contribution < -0.4 is 11.1 Å². The van der Waals surface area contributed by atoms with Gasteiger partial charge in [-0.2, -0.15) is 0 Å². The smallest absolute Gasteiger partial charge is 0.315 e. The summed E-state index contributed by atoms with van der Waals surface area (Å²) < 4.78 is 5.18. The summed E-state index contributed by atoms with van der Waals surface area (Å²) in [7, 11) is 0. The van der Waals surface area contributed by atoms with Gasteiger partial charge in [0.15, 0.2) is 0 Å². The number of hydrogen-bond donors (Lipinski definition) is 2. The SMILES string of the molecule is CCOC(=O)[C@H](CN(C(=O)CN)C(=O)CCCc1ccc2c(n1)NCCC2)c1cccnc1. The summed E-state index contributed by atoms with van der Waals surface area (Å²) in [4.78, 5) is 47.8. The summed E-state index contributed by atoms with van der Waals surface area (Å²) in [5.74, 6) is -1.34. The molecule has 2 aromatic rings. The molecule has 176 valence electrons. The molecule has 1 aliphatic rings. The van der Waals surface area contributed by atoms with Gasteiger partial charge in [-0.05, 0) is 55.9 Å². The minimum atomic E-state index is -0.827. The van der Waals surface area contributed by atoms with Crippen molar-refractivity contribution in [3.63, 3.8) is 0 Å². The highest BCUT2D eigenvalue weighted by atomic mass is 16.5. The van der Waals surface area contributed by atoms with Gasteiger partial charge < -0.3 is 15.8 Å². The molecule has 0 saturated carbocycles. The average molecular weight is 454 g/mol. The standard InChI is InChI=1S/C24H31N5O4/c1-2-33-24(32)20(18-7-4-12-26-15-18)16-29(22(31)14-25)21(30)9-3-8-19-11-10-17-6-5-13-27-23(17)28-19/h4,7,10-12,15,20H,2-3,5-6,8-9,13-14,16,25H2,1H3,(H,27,28)/t20-/m1/s1. The van der Waals surface area contributed by atoms with E-state index in [1.165, 1.54) is 11.8 Å². The molecule has 0 spiro atoms. The van der Waals surface area contributed by atoms with Crippen LogP contribution in [0.1, 0.15) is 48.9 Å². The number of aryl methyl sites for hydroxylation is 2. The third-order valence-electron chi connectivity index (χ3n) is 5.58. The Balaban J connectivity index is 1.66. The molecule has 9 nitrogen and oxygen atoms in total. The number of imide groups is 1. The first-order valence-electron chi connectivity index (χ1n) is 11.4. The zero-order chi connectivity index (χ0) is 23.6. The second-order valence-electron chi connectivity index (χ2n) is 7.89. The van der Waals surface area contributed by atoms with E-state index < -0.39 is 17.8 Å². The van der Waals surface area contributed by atoms with E-state index in [0.29, 0.717) is 18.4 Å². The first-order chi connectivity index (χ1) is 16.0. The number of ether oxygens (including phenoxy) is 1. The number of pyridine rings is 2. The molecule has 3 N–H and O–H groups in total. The normalized spacial score (nSPS) is 13.4. The van der Waals surface area contributed by atoms with Gasteiger partial charge in [0.2, 0.25) is 11.8 Å². The first-order valence-corrected chi connectivity index (χ1v) is 11.4. The lowest BCUT2D eigenvalue weighted by Crippen LogP contribution is -2.44. The molecule has 0 saturated heterocycles. The Morgan fingerprint density at radius 2 is 2.09 bits per heavy atom. The van der Waals surface area contributed by atoms with Crippen LogP contribution in [0.15, 0.2) is 36.7 Å². The van der Waals surface area contributed by atoms with E-state index in [-0.39, 0.29) is 32.0 Å². The Bertz CT molecular complexity index is 967. The highest BCUT2D eigenvalue weighted by molar-refractivity contribution is 5.97. The van der Waals surface area contributed by atoms with E-state index in [2.05, 4.69) is 21.4 Å². The van der Waals surface area contributed by atoms with Crippen LogP contribution in [0.5, 0.6) is 0 Å². The van der Waals surface area contributed by atoms with Crippen molar-refractivity contribution in [3.8, 4) is 0 Å². The summed E-state index contributed by atoms with van der Waals surface area (Å²) in [5.41, 5.74) is 8.23. The van der Waals surface area contributed by atoms with Gasteiger partial charge in [-0.3, -0.25) is 24.3 Å². The van der Waals surface area contributed by atoms with Gasteiger partial charge in [0.1, 0.15) is 11.7 Å². The second-order valence-corrected chi connectivity index (χ2v) is 7.89. The van der Waals surface area contributed by atoms with Crippen LogP contribution in [0.4, 0.5) is 5.82 Å². The van der Waals surface area contributed by atoms with Crippen molar-refractivity contribution in [2.24, 2.45) is 5.73 Å². The largest absolute Gasteiger partial charge is 0.465 e. The van der Waals surface area contributed by atoms with Crippen LogP contribution in [-0.2, 0) is 32.0 Å². The van der Waals surface area contributed by atoms with E-state index in [9.17, 15) is 14.4 Å². The van der Waals surface area contributed by atoms with Crippen molar-refractivity contribution in [2.45, 2.75) is 44.9 Å². The Kier molecular flexibility index (Phi) is 8.88. The molecule has 9 heteroatoms.